The highest BCUT2D eigenvalue weighted by molar-refractivity contribution is 9.10. The van der Waals surface area contributed by atoms with E-state index in [4.69, 9.17) is 4.74 Å². The van der Waals surface area contributed by atoms with E-state index in [1.54, 1.807) is 18.6 Å². The van der Waals surface area contributed by atoms with Gasteiger partial charge in [0.25, 0.3) is 0 Å². The quantitative estimate of drug-likeness (QED) is 0.839. The SMILES string of the molecule is O=C(Cc1cccnc1)N1CCC(Oc2ncccc2Br)C1. The van der Waals surface area contributed by atoms with Crippen molar-refractivity contribution in [1.29, 1.82) is 0 Å². The molecule has 1 atom stereocenters. The Hall–Kier alpha value is -1.95. The molecule has 114 valence electrons. The average molecular weight is 362 g/mol. The van der Waals surface area contributed by atoms with E-state index in [0.29, 0.717) is 25.4 Å². The van der Waals surface area contributed by atoms with Gasteiger partial charge >= 0.3 is 0 Å². The minimum Gasteiger partial charge on any atom is -0.472 e. The van der Waals surface area contributed by atoms with Gasteiger partial charge in [-0.05, 0) is 39.7 Å². The maximum Gasteiger partial charge on any atom is 0.228 e. The number of rotatable bonds is 4. The number of carbonyl (C=O) groups excluding carboxylic acids is 1. The molecule has 0 bridgehead atoms. The minimum absolute atomic E-state index is 0.0101. The molecule has 0 radical (unpaired) electrons. The van der Waals surface area contributed by atoms with E-state index >= 15 is 0 Å². The van der Waals surface area contributed by atoms with Crippen LogP contribution >= 0.6 is 15.9 Å². The second kappa shape index (κ2) is 6.87. The number of ether oxygens (including phenoxy) is 1. The third-order valence-corrected chi connectivity index (χ3v) is 4.18. The van der Waals surface area contributed by atoms with Gasteiger partial charge in [-0.25, -0.2) is 4.98 Å². The summed E-state index contributed by atoms with van der Waals surface area (Å²) < 4.78 is 6.70. The van der Waals surface area contributed by atoms with Crippen LogP contribution in [0.3, 0.4) is 0 Å². The van der Waals surface area contributed by atoms with Crippen LogP contribution in [-0.2, 0) is 11.2 Å². The monoisotopic (exact) mass is 361 g/mol. The van der Waals surface area contributed by atoms with Crippen LogP contribution in [0, 0.1) is 0 Å². The van der Waals surface area contributed by atoms with Crippen molar-refractivity contribution in [2.24, 2.45) is 0 Å². The topological polar surface area (TPSA) is 55.3 Å². The third-order valence-electron chi connectivity index (χ3n) is 3.58. The highest BCUT2D eigenvalue weighted by Gasteiger charge is 2.28. The molecule has 1 fully saturated rings. The lowest BCUT2D eigenvalue weighted by atomic mass is 10.2. The molecule has 1 amide bonds. The molecule has 0 aromatic carbocycles. The lowest BCUT2D eigenvalue weighted by molar-refractivity contribution is -0.129. The molecule has 6 heteroatoms. The molecule has 0 aliphatic carbocycles. The lowest BCUT2D eigenvalue weighted by Crippen LogP contribution is -2.32. The normalized spacial score (nSPS) is 17.5. The minimum atomic E-state index is -0.0101. The fourth-order valence-corrected chi connectivity index (χ4v) is 2.80. The summed E-state index contributed by atoms with van der Waals surface area (Å²) in [5.41, 5.74) is 0.935. The van der Waals surface area contributed by atoms with Gasteiger partial charge in [0.05, 0.1) is 17.4 Å². The molecule has 0 spiro atoms. The Morgan fingerprint density at radius 1 is 1.36 bits per heavy atom. The first-order valence-electron chi connectivity index (χ1n) is 7.16. The van der Waals surface area contributed by atoms with E-state index in [9.17, 15) is 4.79 Å². The van der Waals surface area contributed by atoms with E-state index in [0.717, 1.165) is 16.5 Å². The van der Waals surface area contributed by atoms with Crippen LogP contribution in [0.1, 0.15) is 12.0 Å². The highest BCUT2D eigenvalue weighted by atomic mass is 79.9. The molecule has 3 heterocycles. The highest BCUT2D eigenvalue weighted by Crippen LogP contribution is 2.24. The first kappa shape index (κ1) is 15.0. The van der Waals surface area contributed by atoms with Crippen molar-refractivity contribution in [3.05, 3.63) is 52.9 Å². The Bertz CT molecular complexity index is 651. The smallest absolute Gasteiger partial charge is 0.228 e. The number of pyridine rings is 2. The lowest BCUT2D eigenvalue weighted by Gasteiger charge is -2.17. The van der Waals surface area contributed by atoms with E-state index in [-0.39, 0.29) is 12.0 Å². The Kier molecular flexibility index (Phi) is 4.68. The summed E-state index contributed by atoms with van der Waals surface area (Å²) in [4.78, 5) is 22.4. The molecule has 1 aliphatic heterocycles. The van der Waals surface area contributed by atoms with E-state index in [1.807, 2.05) is 29.2 Å². The summed E-state index contributed by atoms with van der Waals surface area (Å²) in [5, 5.41) is 0. The fourth-order valence-electron chi connectivity index (χ4n) is 2.46. The number of hydrogen-bond acceptors (Lipinski definition) is 4. The molecule has 2 aromatic heterocycles. The van der Waals surface area contributed by atoms with Crippen LogP contribution in [-0.4, -0.2) is 40.0 Å². The van der Waals surface area contributed by atoms with Crippen molar-refractivity contribution in [2.75, 3.05) is 13.1 Å². The van der Waals surface area contributed by atoms with Gasteiger partial charge in [0.2, 0.25) is 11.8 Å². The largest absolute Gasteiger partial charge is 0.472 e. The first-order valence-corrected chi connectivity index (χ1v) is 7.95. The molecule has 22 heavy (non-hydrogen) atoms. The van der Waals surface area contributed by atoms with Crippen molar-refractivity contribution in [3.8, 4) is 5.88 Å². The zero-order chi connectivity index (χ0) is 15.4. The van der Waals surface area contributed by atoms with Crippen LogP contribution in [0.25, 0.3) is 0 Å². The number of amides is 1. The third kappa shape index (κ3) is 3.62. The molecule has 0 saturated carbocycles. The van der Waals surface area contributed by atoms with Gasteiger partial charge in [-0.15, -0.1) is 0 Å². The number of likely N-dealkylation sites (tertiary alicyclic amines) is 1. The maximum atomic E-state index is 12.3. The fraction of sp³-hybridized carbons (Fsp3) is 0.312. The second-order valence-corrected chi connectivity index (χ2v) is 6.05. The van der Waals surface area contributed by atoms with Gasteiger partial charge < -0.3 is 9.64 Å². The maximum absolute atomic E-state index is 12.3. The van der Waals surface area contributed by atoms with Crippen LogP contribution < -0.4 is 4.74 Å². The molecule has 2 aromatic rings. The number of hydrogen-bond donors (Lipinski definition) is 0. The molecule has 1 unspecified atom stereocenters. The summed E-state index contributed by atoms with van der Waals surface area (Å²) in [5.74, 6) is 0.688. The second-order valence-electron chi connectivity index (χ2n) is 5.20. The molecule has 0 N–H and O–H groups in total. The Labute approximate surface area is 137 Å². The molecule has 3 rings (SSSR count). The predicted octanol–water partition coefficient (Wildman–Crippen LogP) is 2.46. The number of carbonyl (C=O) groups is 1. The van der Waals surface area contributed by atoms with Crippen molar-refractivity contribution >= 4 is 21.8 Å². The van der Waals surface area contributed by atoms with Gasteiger partial charge in [-0.1, -0.05) is 6.07 Å². The van der Waals surface area contributed by atoms with E-state index in [2.05, 4.69) is 25.9 Å². The summed E-state index contributed by atoms with van der Waals surface area (Å²) in [6.45, 7) is 1.32. The van der Waals surface area contributed by atoms with Gasteiger partial charge in [0.1, 0.15) is 6.10 Å². The van der Waals surface area contributed by atoms with Crippen molar-refractivity contribution in [3.63, 3.8) is 0 Å². The Morgan fingerprint density at radius 3 is 3.00 bits per heavy atom. The van der Waals surface area contributed by atoms with Gasteiger partial charge in [0.15, 0.2) is 0 Å². The van der Waals surface area contributed by atoms with Crippen LogP contribution in [0.15, 0.2) is 47.3 Å². The molecular weight excluding hydrogens is 346 g/mol. The van der Waals surface area contributed by atoms with Crippen molar-refractivity contribution in [2.45, 2.75) is 18.9 Å². The van der Waals surface area contributed by atoms with E-state index < -0.39 is 0 Å². The molecule has 1 saturated heterocycles. The molecule has 1 aliphatic rings. The van der Waals surface area contributed by atoms with Gasteiger partial charge in [-0.2, -0.15) is 0 Å². The predicted molar refractivity (Wildman–Crippen MR) is 85.5 cm³/mol. The summed E-state index contributed by atoms with van der Waals surface area (Å²) in [7, 11) is 0. The average Bonchev–Trinajstić information content (AvgIpc) is 2.99. The Balaban J connectivity index is 1.56. The van der Waals surface area contributed by atoms with Crippen LogP contribution in [0.5, 0.6) is 5.88 Å². The van der Waals surface area contributed by atoms with Gasteiger partial charge in [0, 0.05) is 31.6 Å². The zero-order valence-corrected chi connectivity index (χ0v) is 13.6. The number of nitrogens with zero attached hydrogens (tertiary/aromatic N) is 3. The number of halogens is 1. The summed E-state index contributed by atoms with van der Waals surface area (Å²) in [6, 6.07) is 7.50. The standard InChI is InChI=1S/C16H16BrN3O2/c17-14-4-2-7-19-16(14)22-13-5-8-20(11-13)15(21)9-12-3-1-6-18-10-12/h1-4,6-7,10,13H,5,8-9,11H2. The molecular formula is C16H16BrN3O2. The first-order chi connectivity index (χ1) is 10.7. The number of aromatic nitrogens is 2. The van der Waals surface area contributed by atoms with E-state index in [1.165, 1.54) is 0 Å². The Morgan fingerprint density at radius 2 is 2.23 bits per heavy atom. The zero-order valence-electron chi connectivity index (χ0n) is 12.0. The summed E-state index contributed by atoms with van der Waals surface area (Å²) in [6.07, 6.45) is 6.32. The van der Waals surface area contributed by atoms with Crippen LogP contribution in [0.4, 0.5) is 0 Å². The van der Waals surface area contributed by atoms with Crippen LogP contribution in [0.2, 0.25) is 0 Å². The van der Waals surface area contributed by atoms with Crippen molar-refractivity contribution in [1.82, 2.24) is 14.9 Å². The van der Waals surface area contributed by atoms with Crippen molar-refractivity contribution < 1.29 is 9.53 Å². The summed E-state index contributed by atoms with van der Waals surface area (Å²) >= 11 is 3.42. The molecule has 5 nitrogen and oxygen atoms in total. The van der Waals surface area contributed by atoms with Gasteiger partial charge in [-0.3, -0.25) is 9.78 Å².